The van der Waals surface area contributed by atoms with Gasteiger partial charge in [-0.15, -0.1) is 0 Å². The van der Waals surface area contributed by atoms with Gasteiger partial charge in [0, 0.05) is 12.3 Å². The number of hydrogen-bond donors (Lipinski definition) is 1. The summed E-state index contributed by atoms with van der Waals surface area (Å²) in [4.78, 5) is 50.6. The first-order valence-corrected chi connectivity index (χ1v) is 9.75. The van der Waals surface area contributed by atoms with Crippen LogP contribution in [0.5, 0.6) is 0 Å². The highest BCUT2D eigenvalue weighted by atomic mass is 32.2. The number of nitrogens with one attached hydrogen (secondary N) is 1. The molecule has 0 aliphatic carbocycles. The Kier molecular flexibility index (Phi) is 6.79. The summed E-state index contributed by atoms with van der Waals surface area (Å²) in [6, 6.07) is 5.35. The largest absolute Gasteiger partial charge is 0.451 e. The molecule has 1 heterocycles. The molecular formula is C18H22N2O5S. The molecule has 1 aromatic rings. The third-order valence-electron chi connectivity index (χ3n) is 3.95. The van der Waals surface area contributed by atoms with Crippen LogP contribution < -0.4 is 5.32 Å². The smallest absolute Gasteiger partial charge is 0.331 e. The third-order valence-corrected chi connectivity index (χ3v) is 4.59. The van der Waals surface area contributed by atoms with Gasteiger partial charge in [0.2, 0.25) is 0 Å². The average molecular weight is 378 g/mol. The number of thioether (sulfide) groups is 1. The van der Waals surface area contributed by atoms with Crippen LogP contribution in [0.3, 0.4) is 0 Å². The molecule has 1 N–H and O–H groups in total. The first kappa shape index (κ1) is 20.0. The lowest BCUT2D eigenvalue weighted by Crippen LogP contribution is -2.49. The fraction of sp³-hybridized carbons (Fsp3) is 0.444. The van der Waals surface area contributed by atoms with Crippen molar-refractivity contribution in [2.75, 3.05) is 18.6 Å². The van der Waals surface area contributed by atoms with Crippen LogP contribution in [0.2, 0.25) is 0 Å². The molecule has 140 valence electrons. The number of hydrogen-bond acceptors (Lipinski definition) is 6. The highest BCUT2D eigenvalue weighted by molar-refractivity contribution is 7.98. The van der Waals surface area contributed by atoms with Crippen LogP contribution in [0.25, 0.3) is 0 Å². The van der Waals surface area contributed by atoms with Crippen molar-refractivity contribution in [1.29, 1.82) is 0 Å². The Bertz CT molecular complexity index is 686. The zero-order valence-electron chi connectivity index (χ0n) is 15.0. The predicted molar refractivity (Wildman–Crippen MR) is 98.0 cm³/mol. The van der Waals surface area contributed by atoms with Crippen LogP contribution in [0, 0.1) is 0 Å². The number of carbonyl (C=O) groups excluding carboxylic acids is 4. The number of fused-ring (bicyclic) bond motifs is 1. The molecule has 26 heavy (non-hydrogen) atoms. The average Bonchev–Trinajstić information content (AvgIpc) is 2.88. The summed E-state index contributed by atoms with van der Waals surface area (Å²) in [5.74, 6) is -2.04. The second-order valence-corrected chi connectivity index (χ2v) is 6.78. The van der Waals surface area contributed by atoms with E-state index in [9.17, 15) is 19.2 Å². The number of esters is 1. The van der Waals surface area contributed by atoms with E-state index in [-0.39, 0.29) is 16.9 Å². The van der Waals surface area contributed by atoms with Crippen molar-refractivity contribution >= 4 is 35.5 Å². The molecule has 0 fully saturated rings. The number of benzene rings is 1. The van der Waals surface area contributed by atoms with Gasteiger partial charge in [0.05, 0.1) is 11.1 Å². The van der Waals surface area contributed by atoms with Crippen LogP contribution in [-0.4, -0.2) is 59.3 Å². The van der Waals surface area contributed by atoms with E-state index in [1.54, 1.807) is 30.5 Å². The van der Waals surface area contributed by atoms with Gasteiger partial charge in [0.15, 0.2) is 6.10 Å². The van der Waals surface area contributed by atoms with Crippen LogP contribution in [0.4, 0.5) is 0 Å². The number of rotatable bonds is 8. The second-order valence-electron chi connectivity index (χ2n) is 5.87. The van der Waals surface area contributed by atoms with E-state index in [1.807, 2.05) is 6.92 Å². The molecule has 1 aromatic carbocycles. The molecule has 3 amide bonds. The predicted octanol–water partition coefficient (Wildman–Crippen LogP) is 1.47. The Morgan fingerprint density at radius 3 is 2.27 bits per heavy atom. The number of nitrogens with zero attached hydrogens (tertiary/aromatic N) is 1. The highest BCUT2D eigenvalue weighted by Gasteiger charge is 2.43. The van der Waals surface area contributed by atoms with Crippen molar-refractivity contribution in [3.05, 3.63) is 35.4 Å². The van der Waals surface area contributed by atoms with E-state index in [0.717, 1.165) is 11.3 Å². The molecule has 0 saturated carbocycles. The Labute approximate surface area is 156 Å². The van der Waals surface area contributed by atoms with Gasteiger partial charge in [-0.25, -0.2) is 4.79 Å². The zero-order valence-corrected chi connectivity index (χ0v) is 15.8. The minimum Gasteiger partial charge on any atom is -0.451 e. The van der Waals surface area contributed by atoms with Gasteiger partial charge >= 0.3 is 5.97 Å². The van der Waals surface area contributed by atoms with Crippen LogP contribution in [-0.2, 0) is 14.3 Å². The third kappa shape index (κ3) is 4.07. The van der Waals surface area contributed by atoms with Crippen molar-refractivity contribution in [3.63, 3.8) is 0 Å². The molecule has 0 spiro atoms. The molecule has 0 unspecified atom stereocenters. The Morgan fingerprint density at radius 1 is 1.19 bits per heavy atom. The lowest BCUT2D eigenvalue weighted by atomic mass is 10.1. The van der Waals surface area contributed by atoms with Gasteiger partial charge in [0.1, 0.15) is 6.04 Å². The second kappa shape index (κ2) is 8.84. The van der Waals surface area contributed by atoms with Gasteiger partial charge in [-0.1, -0.05) is 19.1 Å². The first-order valence-electron chi connectivity index (χ1n) is 8.36. The molecule has 8 heteroatoms. The number of imide groups is 1. The Hall–Kier alpha value is -2.35. The maximum Gasteiger partial charge on any atom is 0.331 e. The van der Waals surface area contributed by atoms with Crippen molar-refractivity contribution in [1.82, 2.24) is 10.2 Å². The summed E-state index contributed by atoms with van der Waals surface area (Å²) >= 11 is 1.31. The topological polar surface area (TPSA) is 92.8 Å². The molecule has 2 atom stereocenters. The lowest BCUT2D eigenvalue weighted by molar-refractivity contribution is -0.157. The summed E-state index contributed by atoms with van der Waals surface area (Å²) in [5.41, 5.74) is 0.537. The van der Waals surface area contributed by atoms with E-state index in [1.165, 1.54) is 18.7 Å². The van der Waals surface area contributed by atoms with E-state index in [4.69, 9.17) is 4.74 Å². The molecule has 7 nitrogen and oxygen atoms in total. The summed E-state index contributed by atoms with van der Waals surface area (Å²) in [5, 5.41) is 2.64. The van der Waals surface area contributed by atoms with Gasteiger partial charge < -0.3 is 10.1 Å². The van der Waals surface area contributed by atoms with E-state index in [0.29, 0.717) is 6.54 Å². The van der Waals surface area contributed by atoms with Crippen molar-refractivity contribution in [2.45, 2.75) is 32.4 Å². The molecule has 0 bridgehead atoms. The lowest BCUT2D eigenvalue weighted by Gasteiger charge is -2.25. The summed E-state index contributed by atoms with van der Waals surface area (Å²) in [7, 11) is 0. The van der Waals surface area contributed by atoms with Crippen LogP contribution >= 0.6 is 11.8 Å². The first-order chi connectivity index (χ1) is 12.4. The van der Waals surface area contributed by atoms with Crippen molar-refractivity contribution < 1.29 is 23.9 Å². The molecule has 0 radical (unpaired) electrons. The summed E-state index contributed by atoms with van der Waals surface area (Å²) in [6.45, 7) is 3.85. The van der Waals surface area contributed by atoms with Crippen molar-refractivity contribution in [3.8, 4) is 0 Å². The standard InChI is InChI=1S/C18H22N2O5S/c1-4-9-19-15(21)11(2)25-18(24)14(10-26-3)20-16(22)12-7-5-6-8-13(12)17(20)23/h5-8,11,14H,4,9-10H2,1-3H3,(H,19,21)/t11-,14-/m1/s1. The molecule has 0 aromatic heterocycles. The fourth-order valence-corrected chi connectivity index (χ4v) is 3.20. The van der Waals surface area contributed by atoms with E-state index in [2.05, 4.69) is 5.32 Å². The quantitative estimate of drug-likeness (QED) is 0.544. The fourth-order valence-electron chi connectivity index (χ4n) is 2.60. The Balaban J connectivity index is 2.16. The molecule has 2 rings (SSSR count). The van der Waals surface area contributed by atoms with Gasteiger partial charge in [-0.05, 0) is 31.7 Å². The molecule has 1 aliphatic heterocycles. The monoisotopic (exact) mass is 378 g/mol. The van der Waals surface area contributed by atoms with E-state index < -0.39 is 35.8 Å². The minimum absolute atomic E-state index is 0.188. The van der Waals surface area contributed by atoms with Gasteiger partial charge in [0.25, 0.3) is 17.7 Å². The molecule has 1 aliphatic rings. The van der Waals surface area contributed by atoms with Crippen LogP contribution in [0.15, 0.2) is 24.3 Å². The van der Waals surface area contributed by atoms with Crippen molar-refractivity contribution in [2.24, 2.45) is 0 Å². The maximum atomic E-state index is 12.6. The SMILES string of the molecule is CCCNC(=O)[C@@H](C)OC(=O)[C@@H](CSC)N1C(=O)c2ccccc2C1=O. The van der Waals surface area contributed by atoms with E-state index >= 15 is 0 Å². The molecule has 0 saturated heterocycles. The highest BCUT2D eigenvalue weighted by Crippen LogP contribution is 2.26. The Morgan fingerprint density at radius 2 is 1.77 bits per heavy atom. The van der Waals surface area contributed by atoms with Gasteiger partial charge in [-0.3, -0.25) is 19.3 Å². The normalized spacial score (nSPS) is 15.4. The molecular weight excluding hydrogens is 356 g/mol. The number of ether oxygens (including phenoxy) is 1. The zero-order chi connectivity index (χ0) is 19.3. The minimum atomic E-state index is -1.08. The summed E-state index contributed by atoms with van der Waals surface area (Å²) < 4.78 is 5.22. The number of carbonyl (C=O) groups is 4. The maximum absolute atomic E-state index is 12.6. The van der Waals surface area contributed by atoms with Crippen LogP contribution in [0.1, 0.15) is 41.0 Å². The number of amides is 3. The summed E-state index contributed by atoms with van der Waals surface area (Å²) in [6.07, 6.45) is 1.51. The van der Waals surface area contributed by atoms with Gasteiger partial charge in [-0.2, -0.15) is 11.8 Å².